The van der Waals surface area contributed by atoms with Gasteiger partial charge < -0.3 is 6.92 Å². The average molecular weight is 253 g/mol. The molecule has 1 rings (SSSR count). The quantitative estimate of drug-likeness (QED) is 0.573. The first-order valence-corrected chi connectivity index (χ1v) is 4.47. The molecule has 0 saturated heterocycles. The van der Waals surface area contributed by atoms with E-state index in [9.17, 15) is 0 Å². The molecule has 0 aliphatic heterocycles. The van der Waals surface area contributed by atoms with Crippen LogP contribution in [0.5, 0.6) is 0 Å². The maximum atomic E-state index is 4.02. The molecule has 1 heteroatoms. The average Bonchev–Trinajstić information content (AvgIpc) is 2.27. The summed E-state index contributed by atoms with van der Waals surface area (Å²) in [7, 11) is 0. The first-order valence-electron chi connectivity index (χ1n) is 4.47. The van der Waals surface area contributed by atoms with E-state index in [1.807, 2.05) is 0 Å². The minimum atomic E-state index is 0. The van der Waals surface area contributed by atoms with Crippen molar-refractivity contribution in [2.75, 3.05) is 0 Å². The molecule has 0 aromatic carbocycles. The van der Waals surface area contributed by atoms with Crippen LogP contribution in [-0.4, -0.2) is 0 Å². The van der Waals surface area contributed by atoms with E-state index in [0.717, 1.165) is 0 Å². The van der Waals surface area contributed by atoms with Gasteiger partial charge in [0.05, 0.1) is 0 Å². The Labute approximate surface area is 109 Å². The van der Waals surface area contributed by atoms with Crippen LogP contribution in [0.15, 0.2) is 22.3 Å². The molecule has 0 nitrogen and oxygen atoms in total. The fourth-order valence-electron chi connectivity index (χ4n) is 1.44. The van der Waals surface area contributed by atoms with Gasteiger partial charge in [-0.1, -0.05) is 33.6 Å². The molecule has 0 aromatic rings. The van der Waals surface area contributed by atoms with Crippen LogP contribution in [-0.2, 0) is 32.7 Å². The van der Waals surface area contributed by atoms with Gasteiger partial charge in [0.2, 0.25) is 0 Å². The van der Waals surface area contributed by atoms with Gasteiger partial charge >= 0.3 is 0 Å². The minimum absolute atomic E-state index is 0. The Kier molecular flexibility index (Phi) is 8.37. The van der Waals surface area contributed by atoms with Gasteiger partial charge in [-0.15, -0.1) is 5.57 Å². The molecule has 0 amide bonds. The monoisotopic (exact) mass is 253 g/mol. The van der Waals surface area contributed by atoms with Crippen LogP contribution < -0.4 is 0 Å². The molecule has 0 saturated carbocycles. The molecule has 0 bridgehead atoms. The fraction of sp³-hybridized carbons (Fsp3) is 0.500. The third-order valence-corrected chi connectivity index (χ3v) is 2.82. The van der Waals surface area contributed by atoms with Crippen LogP contribution in [0.3, 0.4) is 0 Å². The molecule has 0 N–H and O–H groups in total. The van der Waals surface area contributed by atoms with Crippen LogP contribution >= 0.6 is 0 Å². The maximum absolute atomic E-state index is 4.02. The van der Waals surface area contributed by atoms with Crippen molar-refractivity contribution in [1.29, 1.82) is 0 Å². The van der Waals surface area contributed by atoms with Crippen LogP contribution in [0.25, 0.3) is 0 Å². The smallest absolute Gasteiger partial charge is 0 e. The van der Waals surface area contributed by atoms with E-state index < -0.39 is 0 Å². The standard InChI is InChI=1S/C10H15.C2H5.Y/c1-6-7(2)9(4)10(5)8(6)3;1-2;/h9H,1H2,2-5H3;1H2,2H3;/q2*-1;. The predicted molar refractivity (Wildman–Crippen MR) is 56.6 cm³/mol. The molecule has 0 fully saturated rings. The zero-order chi connectivity index (χ0) is 9.89. The Balaban J connectivity index is 0. The predicted octanol–water partition coefficient (Wildman–Crippen LogP) is 3.96. The summed E-state index contributed by atoms with van der Waals surface area (Å²) in [5.41, 5.74) is 5.58. The SMILES string of the molecule is [CH2-]C.[CH2-]C1=C(C)C(C)C(C)=C1C.[Y]. The van der Waals surface area contributed by atoms with Gasteiger partial charge in [0.25, 0.3) is 0 Å². The van der Waals surface area contributed by atoms with Crippen LogP contribution in [0.2, 0.25) is 0 Å². The Bertz CT molecular complexity index is 197. The number of rotatable bonds is 0. The van der Waals surface area contributed by atoms with Crippen molar-refractivity contribution in [3.05, 3.63) is 36.1 Å². The molecular formula is C12H20Y-2. The summed E-state index contributed by atoms with van der Waals surface area (Å²) >= 11 is 0. The van der Waals surface area contributed by atoms with E-state index in [4.69, 9.17) is 0 Å². The van der Waals surface area contributed by atoms with Gasteiger partial charge in [0.15, 0.2) is 0 Å². The van der Waals surface area contributed by atoms with Crippen molar-refractivity contribution in [3.8, 4) is 0 Å². The van der Waals surface area contributed by atoms with Crippen molar-refractivity contribution in [2.24, 2.45) is 5.92 Å². The molecule has 13 heavy (non-hydrogen) atoms. The van der Waals surface area contributed by atoms with Gasteiger partial charge in [-0.3, -0.25) is 0 Å². The minimum Gasteiger partial charge on any atom is -0.346 e. The van der Waals surface area contributed by atoms with E-state index in [1.165, 1.54) is 22.3 Å². The number of allylic oxidation sites excluding steroid dienone is 4. The third kappa shape index (κ3) is 3.25. The molecular weight excluding hydrogens is 233 g/mol. The summed E-state index contributed by atoms with van der Waals surface area (Å²) < 4.78 is 0. The second-order valence-electron chi connectivity index (χ2n) is 3.19. The summed E-state index contributed by atoms with van der Waals surface area (Å²) in [6.07, 6.45) is 0. The van der Waals surface area contributed by atoms with Gasteiger partial charge in [0, 0.05) is 32.7 Å². The van der Waals surface area contributed by atoms with E-state index in [0.29, 0.717) is 5.92 Å². The molecule has 1 atom stereocenters. The Hall–Kier alpha value is 0.454. The summed E-state index contributed by atoms with van der Waals surface area (Å²) in [4.78, 5) is 0. The second kappa shape index (κ2) is 6.84. The number of hydrogen-bond acceptors (Lipinski definition) is 0. The zero-order valence-corrected chi connectivity index (χ0v) is 12.4. The molecule has 0 aromatic heterocycles. The second-order valence-corrected chi connectivity index (χ2v) is 3.19. The van der Waals surface area contributed by atoms with E-state index >= 15 is 0 Å². The zero-order valence-electron chi connectivity index (χ0n) is 9.57. The van der Waals surface area contributed by atoms with Gasteiger partial charge in [-0.2, -0.15) is 30.6 Å². The molecule has 0 spiro atoms. The fourth-order valence-corrected chi connectivity index (χ4v) is 1.44. The summed E-state index contributed by atoms with van der Waals surface area (Å²) in [5.74, 6) is 0.632. The Morgan fingerprint density at radius 2 is 1.38 bits per heavy atom. The number of hydrogen-bond donors (Lipinski definition) is 0. The summed E-state index contributed by atoms with van der Waals surface area (Å²) in [6, 6.07) is 0. The third-order valence-electron chi connectivity index (χ3n) is 2.82. The topological polar surface area (TPSA) is 0 Å². The van der Waals surface area contributed by atoms with Gasteiger partial charge in [-0.05, 0) is 0 Å². The normalized spacial score (nSPS) is 20.9. The van der Waals surface area contributed by atoms with Crippen molar-refractivity contribution in [3.63, 3.8) is 0 Å². The molecule has 1 aliphatic carbocycles. The summed E-state index contributed by atoms with van der Waals surface area (Å²) in [6.45, 7) is 17.8. The van der Waals surface area contributed by atoms with Crippen molar-refractivity contribution in [2.45, 2.75) is 34.6 Å². The van der Waals surface area contributed by atoms with E-state index in [1.54, 1.807) is 6.92 Å². The largest absolute Gasteiger partial charge is 0.346 e. The maximum Gasteiger partial charge on any atom is 0 e. The first-order chi connectivity index (χ1) is 5.55. The van der Waals surface area contributed by atoms with Crippen molar-refractivity contribution >= 4 is 0 Å². The van der Waals surface area contributed by atoms with Crippen LogP contribution in [0, 0.1) is 19.8 Å². The Morgan fingerprint density at radius 1 is 1.00 bits per heavy atom. The van der Waals surface area contributed by atoms with Gasteiger partial charge in [0.1, 0.15) is 0 Å². The molecule has 1 aliphatic rings. The molecule has 1 radical (unpaired) electrons. The van der Waals surface area contributed by atoms with E-state index in [2.05, 4.69) is 41.5 Å². The Morgan fingerprint density at radius 3 is 1.46 bits per heavy atom. The van der Waals surface area contributed by atoms with E-state index in [-0.39, 0.29) is 32.7 Å². The van der Waals surface area contributed by atoms with Crippen LogP contribution in [0.1, 0.15) is 34.6 Å². The van der Waals surface area contributed by atoms with Crippen molar-refractivity contribution in [1.82, 2.24) is 0 Å². The summed E-state index contributed by atoms with van der Waals surface area (Å²) in [5, 5.41) is 0. The molecule has 0 heterocycles. The molecule has 73 valence electrons. The van der Waals surface area contributed by atoms with Crippen molar-refractivity contribution < 1.29 is 32.7 Å². The first kappa shape index (κ1) is 15.9. The molecule has 1 unspecified atom stereocenters. The van der Waals surface area contributed by atoms with Crippen LogP contribution in [0.4, 0.5) is 0 Å². The van der Waals surface area contributed by atoms with Gasteiger partial charge in [-0.25, -0.2) is 0 Å².